The number of aromatic nitrogens is 2. The third-order valence-corrected chi connectivity index (χ3v) is 3.72. The van der Waals surface area contributed by atoms with Crippen LogP contribution in [0.4, 0.5) is 17.6 Å². The van der Waals surface area contributed by atoms with Crippen LogP contribution < -0.4 is 11.2 Å². The van der Waals surface area contributed by atoms with E-state index in [4.69, 9.17) is 11.6 Å². The van der Waals surface area contributed by atoms with Crippen molar-refractivity contribution in [2.75, 3.05) is 0 Å². The highest BCUT2D eigenvalue weighted by Crippen LogP contribution is 2.28. The molecule has 0 amide bonds. The highest BCUT2D eigenvalue weighted by Gasteiger charge is 2.35. The molecule has 24 heavy (non-hydrogen) atoms. The van der Waals surface area contributed by atoms with Gasteiger partial charge in [0.05, 0.1) is 5.69 Å². The lowest BCUT2D eigenvalue weighted by Crippen LogP contribution is -2.41. The van der Waals surface area contributed by atoms with Gasteiger partial charge in [0.25, 0.3) is 5.56 Å². The van der Waals surface area contributed by atoms with Gasteiger partial charge in [0, 0.05) is 23.7 Å². The third-order valence-electron chi connectivity index (χ3n) is 3.37. The summed E-state index contributed by atoms with van der Waals surface area (Å²) >= 11 is 5.86. The Morgan fingerprint density at radius 2 is 1.92 bits per heavy atom. The topological polar surface area (TPSA) is 44.0 Å². The zero-order chi connectivity index (χ0) is 18.2. The molecule has 128 valence electrons. The SMILES string of the molecule is C=CCc1c(Cl)ccc(-n2c(=O)cc(C(F)(F)F)n(C)c2=O)c1F. The quantitative estimate of drug-likeness (QED) is 0.622. The van der Waals surface area contributed by atoms with Crippen LogP contribution in [-0.4, -0.2) is 9.13 Å². The number of alkyl halides is 3. The lowest BCUT2D eigenvalue weighted by molar-refractivity contribution is -0.144. The van der Waals surface area contributed by atoms with E-state index in [1.54, 1.807) is 0 Å². The molecule has 1 aromatic heterocycles. The van der Waals surface area contributed by atoms with Gasteiger partial charge in [-0.15, -0.1) is 6.58 Å². The molecule has 0 aliphatic rings. The van der Waals surface area contributed by atoms with E-state index in [1.165, 1.54) is 12.1 Å². The average molecular weight is 363 g/mol. The Morgan fingerprint density at radius 3 is 2.46 bits per heavy atom. The Balaban J connectivity index is 2.83. The minimum Gasteiger partial charge on any atom is -0.292 e. The lowest BCUT2D eigenvalue weighted by Gasteiger charge is -2.15. The number of hydrogen-bond donors (Lipinski definition) is 0. The van der Waals surface area contributed by atoms with E-state index < -0.39 is 34.6 Å². The molecule has 0 bridgehead atoms. The predicted molar refractivity (Wildman–Crippen MR) is 81.2 cm³/mol. The van der Waals surface area contributed by atoms with Crippen molar-refractivity contribution in [2.24, 2.45) is 7.05 Å². The Morgan fingerprint density at radius 1 is 1.29 bits per heavy atom. The summed E-state index contributed by atoms with van der Waals surface area (Å²) in [5, 5.41) is 0.0490. The minimum absolute atomic E-state index is 0.0157. The van der Waals surface area contributed by atoms with Crippen molar-refractivity contribution in [1.29, 1.82) is 0 Å². The van der Waals surface area contributed by atoms with Gasteiger partial charge in [0.1, 0.15) is 5.69 Å². The van der Waals surface area contributed by atoms with Crippen molar-refractivity contribution < 1.29 is 17.6 Å². The summed E-state index contributed by atoms with van der Waals surface area (Å²) in [6, 6.07) is 2.55. The summed E-state index contributed by atoms with van der Waals surface area (Å²) in [5.74, 6) is -0.971. The van der Waals surface area contributed by atoms with E-state index in [1.807, 2.05) is 0 Å². The molecule has 1 heterocycles. The maximum Gasteiger partial charge on any atom is 0.431 e. The van der Waals surface area contributed by atoms with Crippen LogP contribution in [0.1, 0.15) is 11.3 Å². The average Bonchev–Trinajstić information content (AvgIpc) is 2.48. The first-order chi connectivity index (χ1) is 11.1. The highest BCUT2D eigenvalue weighted by molar-refractivity contribution is 6.31. The number of halogens is 5. The van der Waals surface area contributed by atoms with E-state index in [9.17, 15) is 27.2 Å². The van der Waals surface area contributed by atoms with E-state index in [0.717, 1.165) is 13.1 Å². The van der Waals surface area contributed by atoms with Crippen molar-refractivity contribution in [1.82, 2.24) is 9.13 Å². The number of rotatable bonds is 3. The normalized spacial score (nSPS) is 11.6. The standard InChI is InChI=1S/C15H11ClF4N2O2/c1-3-4-8-9(16)5-6-10(13(8)17)22-12(23)7-11(15(18,19)20)21(2)14(22)24/h3,5-7H,1,4H2,2H3. The zero-order valence-corrected chi connectivity index (χ0v) is 13.1. The van der Waals surface area contributed by atoms with Crippen LogP contribution in [0.25, 0.3) is 5.69 Å². The maximum atomic E-state index is 14.6. The van der Waals surface area contributed by atoms with Gasteiger partial charge in [-0.05, 0) is 18.6 Å². The summed E-state index contributed by atoms with van der Waals surface area (Å²) in [6.45, 7) is 3.44. The molecule has 0 aliphatic heterocycles. The number of allylic oxidation sites excluding steroid dienone is 1. The van der Waals surface area contributed by atoms with Crippen LogP contribution in [-0.2, 0) is 19.6 Å². The first kappa shape index (κ1) is 18.0. The molecular formula is C15H11ClF4N2O2. The van der Waals surface area contributed by atoms with Gasteiger partial charge < -0.3 is 0 Å². The van der Waals surface area contributed by atoms with Crippen molar-refractivity contribution in [3.8, 4) is 5.69 Å². The summed E-state index contributed by atoms with van der Waals surface area (Å²) in [6.07, 6.45) is -3.51. The molecule has 0 fully saturated rings. The maximum absolute atomic E-state index is 14.6. The van der Waals surface area contributed by atoms with Gasteiger partial charge in [0.15, 0.2) is 5.82 Å². The summed E-state index contributed by atoms with van der Waals surface area (Å²) in [7, 11) is 0.847. The molecule has 1 aromatic carbocycles. The van der Waals surface area contributed by atoms with Crippen LogP contribution in [0.15, 0.2) is 40.4 Å². The molecule has 0 aliphatic carbocycles. The monoisotopic (exact) mass is 362 g/mol. The van der Waals surface area contributed by atoms with Gasteiger partial charge in [-0.1, -0.05) is 17.7 Å². The number of benzene rings is 1. The van der Waals surface area contributed by atoms with Crippen molar-refractivity contribution in [2.45, 2.75) is 12.6 Å². The molecule has 0 spiro atoms. The van der Waals surface area contributed by atoms with Crippen molar-refractivity contribution in [3.05, 3.63) is 73.8 Å². The molecule has 2 rings (SSSR count). The first-order valence-corrected chi connectivity index (χ1v) is 6.95. The first-order valence-electron chi connectivity index (χ1n) is 6.58. The van der Waals surface area contributed by atoms with Crippen LogP contribution in [0, 0.1) is 5.82 Å². The Hall–Kier alpha value is -2.35. The molecule has 0 saturated carbocycles. The molecule has 0 atom stereocenters. The fourth-order valence-corrected chi connectivity index (χ4v) is 2.43. The minimum atomic E-state index is -4.89. The third kappa shape index (κ3) is 3.01. The second kappa shape index (κ2) is 6.27. The zero-order valence-electron chi connectivity index (χ0n) is 12.3. The molecule has 9 heteroatoms. The molecular weight excluding hydrogens is 352 g/mol. The smallest absolute Gasteiger partial charge is 0.292 e. The van der Waals surface area contributed by atoms with Gasteiger partial charge in [-0.25, -0.2) is 13.8 Å². The van der Waals surface area contributed by atoms with Gasteiger partial charge >= 0.3 is 11.9 Å². The predicted octanol–water partition coefficient (Wildman–Crippen LogP) is 3.08. The van der Waals surface area contributed by atoms with Crippen molar-refractivity contribution >= 4 is 11.6 Å². The van der Waals surface area contributed by atoms with Gasteiger partial charge in [0.2, 0.25) is 0 Å². The molecule has 0 N–H and O–H groups in total. The molecule has 0 saturated heterocycles. The van der Waals surface area contributed by atoms with Crippen molar-refractivity contribution in [3.63, 3.8) is 0 Å². The van der Waals surface area contributed by atoms with E-state index in [2.05, 4.69) is 6.58 Å². The highest BCUT2D eigenvalue weighted by atomic mass is 35.5. The Bertz CT molecular complexity index is 929. The Labute approximate surface area is 138 Å². The second-order valence-corrected chi connectivity index (χ2v) is 5.30. The lowest BCUT2D eigenvalue weighted by atomic mass is 10.1. The fourth-order valence-electron chi connectivity index (χ4n) is 2.21. The summed E-state index contributed by atoms with van der Waals surface area (Å²) in [4.78, 5) is 24.2. The number of nitrogens with zero attached hydrogens (tertiary/aromatic N) is 2. The van der Waals surface area contributed by atoms with E-state index >= 15 is 0 Å². The molecule has 4 nitrogen and oxygen atoms in total. The Kier molecular flexibility index (Phi) is 4.70. The summed E-state index contributed by atoms with van der Waals surface area (Å²) < 4.78 is 53.6. The molecule has 0 radical (unpaired) electrons. The second-order valence-electron chi connectivity index (χ2n) is 4.89. The fraction of sp³-hybridized carbons (Fsp3) is 0.200. The van der Waals surface area contributed by atoms with E-state index in [-0.39, 0.29) is 27.6 Å². The van der Waals surface area contributed by atoms with Gasteiger partial charge in [-0.3, -0.25) is 9.36 Å². The van der Waals surface area contributed by atoms with Crippen LogP contribution in [0.2, 0.25) is 5.02 Å². The van der Waals surface area contributed by atoms with Crippen LogP contribution in [0.3, 0.4) is 0 Å². The van der Waals surface area contributed by atoms with Crippen LogP contribution in [0.5, 0.6) is 0 Å². The van der Waals surface area contributed by atoms with Gasteiger partial charge in [-0.2, -0.15) is 13.2 Å². The number of hydrogen-bond acceptors (Lipinski definition) is 2. The molecule has 0 unspecified atom stereocenters. The largest absolute Gasteiger partial charge is 0.431 e. The summed E-state index contributed by atoms with van der Waals surface area (Å²) in [5.41, 5.74) is -4.53. The van der Waals surface area contributed by atoms with E-state index in [0.29, 0.717) is 4.57 Å². The van der Waals surface area contributed by atoms with Crippen LogP contribution >= 0.6 is 11.6 Å². The molecule has 2 aromatic rings.